The highest BCUT2D eigenvalue weighted by Crippen LogP contribution is 2.41. The molecule has 0 aromatic carbocycles. The molecule has 2 aliphatic heterocycles. The van der Waals surface area contributed by atoms with Gasteiger partial charge in [-0.2, -0.15) is 0 Å². The fraction of sp³-hybridized carbons (Fsp3) is 1.00. The summed E-state index contributed by atoms with van der Waals surface area (Å²) >= 11 is 0. The van der Waals surface area contributed by atoms with Crippen LogP contribution in [-0.2, 0) is 4.74 Å². The zero-order valence-corrected chi connectivity index (χ0v) is 11.2. The zero-order valence-electron chi connectivity index (χ0n) is 11.2. The molecule has 3 rings (SSSR count). The molecule has 0 aromatic heterocycles. The van der Waals surface area contributed by atoms with Crippen LogP contribution < -0.4 is 5.32 Å². The summed E-state index contributed by atoms with van der Waals surface area (Å²) in [4.78, 5) is 2.77. The van der Waals surface area contributed by atoms with Crippen molar-refractivity contribution in [3.63, 3.8) is 0 Å². The molecule has 1 N–H and O–H groups in total. The summed E-state index contributed by atoms with van der Waals surface area (Å²) in [6, 6.07) is 2.13. The van der Waals surface area contributed by atoms with E-state index in [1.807, 2.05) is 0 Å². The van der Waals surface area contributed by atoms with Crippen LogP contribution in [0.1, 0.15) is 33.1 Å². The van der Waals surface area contributed by atoms with Gasteiger partial charge in [-0.05, 0) is 31.1 Å². The molecule has 2 heterocycles. The fourth-order valence-corrected chi connectivity index (χ4v) is 3.90. The summed E-state index contributed by atoms with van der Waals surface area (Å²) in [6.07, 6.45) is 4.16. The van der Waals surface area contributed by atoms with Crippen molar-refractivity contribution in [3.8, 4) is 0 Å². The summed E-state index contributed by atoms with van der Waals surface area (Å²) in [5, 5.41) is 3.77. The number of morpholine rings is 1. The molecule has 0 aromatic rings. The van der Waals surface area contributed by atoms with Gasteiger partial charge in [-0.15, -0.1) is 0 Å². The van der Waals surface area contributed by atoms with Gasteiger partial charge in [0.05, 0.1) is 13.2 Å². The van der Waals surface area contributed by atoms with Crippen molar-refractivity contribution in [1.29, 1.82) is 0 Å². The Morgan fingerprint density at radius 2 is 2.18 bits per heavy atom. The van der Waals surface area contributed by atoms with E-state index < -0.39 is 0 Å². The maximum atomic E-state index is 5.67. The second kappa shape index (κ2) is 4.87. The zero-order chi connectivity index (χ0) is 11.8. The lowest BCUT2D eigenvalue weighted by Gasteiger charge is -2.42. The van der Waals surface area contributed by atoms with Crippen molar-refractivity contribution in [2.45, 2.75) is 51.2 Å². The summed E-state index contributed by atoms with van der Waals surface area (Å²) in [6.45, 7) is 8.91. The second-order valence-electron chi connectivity index (χ2n) is 6.08. The van der Waals surface area contributed by atoms with E-state index in [2.05, 4.69) is 24.1 Å². The van der Waals surface area contributed by atoms with Crippen molar-refractivity contribution in [3.05, 3.63) is 0 Å². The highest BCUT2D eigenvalue weighted by Gasteiger charge is 2.45. The molecule has 3 fully saturated rings. The number of ether oxygens (including phenoxy) is 1. The lowest BCUT2D eigenvalue weighted by molar-refractivity contribution is -0.0356. The number of nitrogens with zero attached hydrogens (tertiary/aromatic N) is 1. The Bertz CT molecular complexity index is 267. The normalized spacial score (nSPS) is 44.1. The number of hydrogen-bond donors (Lipinski definition) is 1. The highest BCUT2D eigenvalue weighted by molar-refractivity contribution is 5.00. The minimum absolute atomic E-state index is 0.619. The van der Waals surface area contributed by atoms with Gasteiger partial charge in [0.15, 0.2) is 0 Å². The van der Waals surface area contributed by atoms with E-state index in [1.54, 1.807) is 0 Å². The van der Waals surface area contributed by atoms with Crippen LogP contribution in [0.25, 0.3) is 0 Å². The van der Waals surface area contributed by atoms with Crippen molar-refractivity contribution in [2.24, 2.45) is 11.8 Å². The average molecular weight is 238 g/mol. The number of hydrogen-bond acceptors (Lipinski definition) is 3. The molecule has 3 nitrogen and oxygen atoms in total. The molecule has 98 valence electrons. The van der Waals surface area contributed by atoms with E-state index in [-0.39, 0.29) is 0 Å². The first kappa shape index (κ1) is 11.9. The van der Waals surface area contributed by atoms with E-state index in [4.69, 9.17) is 4.74 Å². The van der Waals surface area contributed by atoms with Crippen molar-refractivity contribution in [2.75, 3.05) is 26.3 Å². The molecule has 2 saturated heterocycles. The standard InChI is InChI=1S/C14H26N2O/c1-3-13-10(2)14(11-4-5-11)16-6-7-17-9-12(16)8-15-13/h10-15H,3-9H2,1-2H3/t10-,12?,13?,14-/m1/s1. The molecule has 0 amide bonds. The Kier molecular flexibility index (Phi) is 3.42. The second-order valence-corrected chi connectivity index (χ2v) is 6.08. The van der Waals surface area contributed by atoms with Crippen LogP contribution >= 0.6 is 0 Å². The molecule has 0 bridgehead atoms. The van der Waals surface area contributed by atoms with Gasteiger partial charge in [-0.3, -0.25) is 4.90 Å². The van der Waals surface area contributed by atoms with Gasteiger partial charge in [0.1, 0.15) is 0 Å². The number of fused-ring (bicyclic) bond motifs is 1. The quantitative estimate of drug-likeness (QED) is 0.789. The lowest BCUT2D eigenvalue weighted by atomic mass is 9.88. The Morgan fingerprint density at radius 3 is 2.88 bits per heavy atom. The van der Waals surface area contributed by atoms with E-state index in [0.717, 1.165) is 44.2 Å². The van der Waals surface area contributed by atoms with Crippen molar-refractivity contribution >= 4 is 0 Å². The maximum Gasteiger partial charge on any atom is 0.0635 e. The molecule has 0 radical (unpaired) electrons. The van der Waals surface area contributed by atoms with Crippen LogP contribution in [0.4, 0.5) is 0 Å². The predicted molar refractivity (Wildman–Crippen MR) is 69.1 cm³/mol. The number of rotatable bonds is 2. The minimum Gasteiger partial charge on any atom is -0.378 e. The third kappa shape index (κ3) is 2.25. The van der Waals surface area contributed by atoms with E-state index in [9.17, 15) is 0 Å². The maximum absolute atomic E-state index is 5.67. The van der Waals surface area contributed by atoms with Gasteiger partial charge in [0, 0.05) is 31.2 Å². The topological polar surface area (TPSA) is 24.5 Å². The van der Waals surface area contributed by atoms with Crippen molar-refractivity contribution in [1.82, 2.24) is 10.2 Å². The van der Waals surface area contributed by atoms with Crippen LogP contribution in [0.3, 0.4) is 0 Å². The minimum atomic E-state index is 0.619. The first-order valence-corrected chi connectivity index (χ1v) is 7.38. The van der Waals surface area contributed by atoms with Crippen LogP contribution in [0.5, 0.6) is 0 Å². The predicted octanol–water partition coefficient (Wildman–Crippen LogP) is 1.48. The lowest BCUT2D eigenvalue weighted by Crippen LogP contribution is -2.54. The molecule has 4 atom stereocenters. The van der Waals surface area contributed by atoms with Crippen molar-refractivity contribution < 1.29 is 4.74 Å². The molecule has 1 saturated carbocycles. The van der Waals surface area contributed by atoms with Gasteiger partial charge < -0.3 is 10.1 Å². The van der Waals surface area contributed by atoms with Gasteiger partial charge in [0.2, 0.25) is 0 Å². The van der Waals surface area contributed by atoms with Gasteiger partial charge in [-0.1, -0.05) is 13.8 Å². The van der Waals surface area contributed by atoms with Crippen LogP contribution in [-0.4, -0.2) is 49.3 Å². The Labute approximate surface area is 105 Å². The first-order chi connectivity index (χ1) is 8.31. The fourth-order valence-electron chi connectivity index (χ4n) is 3.90. The van der Waals surface area contributed by atoms with Gasteiger partial charge >= 0.3 is 0 Å². The average Bonchev–Trinajstić information content (AvgIpc) is 3.16. The Balaban J connectivity index is 1.82. The molecule has 0 spiro atoms. The molecular formula is C14H26N2O. The number of nitrogens with one attached hydrogen (secondary N) is 1. The largest absolute Gasteiger partial charge is 0.378 e. The summed E-state index contributed by atoms with van der Waals surface area (Å²) in [7, 11) is 0. The van der Waals surface area contributed by atoms with Gasteiger partial charge in [0.25, 0.3) is 0 Å². The van der Waals surface area contributed by atoms with E-state index >= 15 is 0 Å². The molecule has 2 unspecified atom stereocenters. The van der Waals surface area contributed by atoms with Crippen LogP contribution in [0.2, 0.25) is 0 Å². The SMILES string of the molecule is CCC1NCC2COCCN2[C@@H](C2CC2)[C@@H]1C. The van der Waals surface area contributed by atoms with E-state index in [0.29, 0.717) is 12.1 Å². The van der Waals surface area contributed by atoms with Gasteiger partial charge in [-0.25, -0.2) is 0 Å². The smallest absolute Gasteiger partial charge is 0.0635 e. The third-order valence-corrected chi connectivity index (χ3v) is 4.99. The van der Waals surface area contributed by atoms with Crippen LogP contribution in [0, 0.1) is 11.8 Å². The summed E-state index contributed by atoms with van der Waals surface area (Å²) in [5.41, 5.74) is 0. The molecule has 1 aliphatic carbocycles. The Hall–Kier alpha value is -0.120. The van der Waals surface area contributed by atoms with E-state index in [1.165, 1.54) is 19.3 Å². The highest BCUT2D eigenvalue weighted by atomic mass is 16.5. The summed E-state index contributed by atoms with van der Waals surface area (Å²) < 4.78 is 5.67. The third-order valence-electron chi connectivity index (χ3n) is 4.99. The molecule has 3 aliphatic rings. The summed E-state index contributed by atoms with van der Waals surface area (Å²) in [5.74, 6) is 1.76. The monoisotopic (exact) mass is 238 g/mol. The molecule has 17 heavy (non-hydrogen) atoms. The Morgan fingerprint density at radius 1 is 1.35 bits per heavy atom. The molecular weight excluding hydrogens is 212 g/mol. The first-order valence-electron chi connectivity index (χ1n) is 7.38. The molecule has 3 heteroatoms. The van der Waals surface area contributed by atoms with Crippen LogP contribution in [0.15, 0.2) is 0 Å².